The van der Waals surface area contributed by atoms with Gasteiger partial charge in [0.15, 0.2) is 5.78 Å². The topological polar surface area (TPSA) is 42.1 Å². The quantitative estimate of drug-likeness (QED) is 0.577. The number of H-pyrrole nitrogens is 1. The van der Waals surface area contributed by atoms with Crippen LogP contribution in [0.1, 0.15) is 15.9 Å². The van der Waals surface area contributed by atoms with E-state index in [1.54, 1.807) is 19.4 Å². The average Bonchev–Trinajstić information content (AvgIpc) is 2.97. The van der Waals surface area contributed by atoms with Gasteiger partial charge in [-0.3, -0.25) is 4.79 Å². The summed E-state index contributed by atoms with van der Waals surface area (Å²) in [7, 11) is 1.63. The number of nitrogens with one attached hydrogen (secondary N) is 1. The van der Waals surface area contributed by atoms with E-state index in [-0.39, 0.29) is 5.78 Å². The molecule has 0 amide bonds. The van der Waals surface area contributed by atoms with Crippen molar-refractivity contribution in [1.82, 2.24) is 4.98 Å². The van der Waals surface area contributed by atoms with Crippen LogP contribution in [0.2, 0.25) is 0 Å². The lowest BCUT2D eigenvalue weighted by atomic mass is 10.1. The Kier molecular flexibility index (Phi) is 3.56. The Morgan fingerprint density at radius 3 is 2.62 bits per heavy atom. The summed E-state index contributed by atoms with van der Waals surface area (Å²) < 4.78 is 5.11. The highest BCUT2D eigenvalue weighted by atomic mass is 16.5. The van der Waals surface area contributed by atoms with Crippen molar-refractivity contribution in [3.8, 4) is 5.75 Å². The minimum atomic E-state index is -0.0109. The first-order valence-corrected chi connectivity index (χ1v) is 6.70. The van der Waals surface area contributed by atoms with Crippen molar-refractivity contribution in [2.45, 2.75) is 0 Å². The maximum atomic E-state index is 12.3. The lowest BCUT2D eigenvalue weighted by molar-refractivity contribution is 0.104. The molecule has 2 aromatic carbocycles. The van der Waals surface area contributed by atoms with Gasteiger partial charge in [-0.15, -0.1) is 0 Å². The third-order valence-corrected chi connectivity index (χ3v) is 3.40. The molecule has 0 saturated carbocycles. The molecule has 3 rings (SSSR count). The molecule has 104 valence electrons. The number of hydrogen-bond acceptors (Lipinski definition) is 2. The molecule has 3 heteroatoms. The van der Waals surface area contributed by atoms with E-state index >= 15 is 0 Å². The molecular formula is C18H15NO2. The van der Waals surface area contributed by atoms with Gasteiger partial charge in [-0.2, -0.15) is 0 Å². The van der Waals surface area contributed by atoms with E-state index in [1.807, 2.05) is 54.6 Å². The maximum absolute atomic E-state index is 12.3. The monoisotopic (exact) mass is 277 g/mol. The zero-order chi connectivity index (χ0) is 14.7. The van der Waals surface area contributed by atoms with Crippen LogP contribution in [0.5, 0.6) is 5.75 Å². The van der Waals surface area contributed by atoms with Crippen LogP contribution in [0, 0.1) is 0 Å². The van der Waals surface area contributed by atoms with Gasteiger partial charge in [-0.1, -0.05) is 36.4 Å². The number of aromatic nitrogens is 1. The van der Waals surface area contributed by atoms with Crippen molar-refractivity contribution in [3.63, 3.8) is 0 Å². The number of carbonyl (C=O) groups excluding carboxylic acids is 1. The summed E-state index contributed by atoms with van der Waals surface area (Å²) in [6.45, 7) is 0. The van der Waals surface area contributed by atoms with Crippen LogP contribution >= 0.6 is 0 Å². The number of benzene rings is 2. The number of hydrogen-bond donors (Lipinski definition) is 1. The van der Waals surface area contributed by atoms with Gasteiger partial charge in [-0.05, 0) is 29.8 Å². The van der Waals surface area contributed by atoms with E-state index in [0.29, 0.717) is 5.56 Å². The Balaban J connectivity index is 1.83. The lowest BCUT2D eigenvalue weighted by Crippen LogP contribution is -1.92. The second kappa shape index (κ2) is 5.67. The second-order valence-corrected chi connectivity index (χ2v) is 4.72. The normalized spacial score (nSPS) is 11.1. The minimum absolute atomic E-state index is 0.0109. The van der Waals surface area contributed by atoms with Gasteiger partial charge in [0.25, 0.3) is 0 Å². The largest absolute Gasteiger partial charge is 0.497 e. The molecule has 0 aliphatic heterocycles. The second-order valence-electron chi connectivity index (χ2n) is 4.72. The molecule has 0 fully saturated rings. The summed E-state index contributed by atoms with van der Waals surface area (Å²) in [6, 6.07) is 15.3. The van der Waals surface area contributed by atoms with Gasteiger partial charge < -0.3 is 9.72 Å². The Bertz CT molecular complexity index is 797. The molecule has 0 aliphatic rings. The Morgan fingerprint density at radius 1 is 1.10 bits per heavy atom. The smallest absolute Gasteiger partial charge is 0.187 e. The highest BCUT2D eigenvalue weighted by Gasteiger charge is 2.08. The molecule has 0 unspecified atom stereocenters. The molecule has 1 N–H and O–H groups in total. The van der Waals surface area contributed by atoms with E-state index in [0.717, 1.165) is 22.2 Å². The number of ketones is 1. The summed E-state index contributed by atoms with van der Waals surface area (Å²) >= 11 is 0. The van der Waals surface area contributed by atoms with Gasteiger partial charge in [0.05, 0.1) is 7.11 Å². The van der Waals surface area contributed by atoms with Gasteiger partial charge in [0, 0.05) is 22.7 Å². The first kappa shape index (κ1) is 13.2. The minimum Gasteiger partial charge on any atom is -0.497 e. The van der Waals surface area contributed by atoms with Crippen molar-refractivity contribution in [1.29, 1.82) is 0 Å². The fourth-order valence-electron chi connectivity index (χ4n) is 2.25. The molecule has 21 heavy (non-hydrogen) atoms. The number of methoxy groups -OCH3 is 1. The fraction of sp³-hybridized carbons (Fsp3) is 0.0556. The van der Waals surface area contributed by atoms with Crippen LogP contribution in [-0.2, 0) is 0 Å². The molecule has 0 aliphatic carbocycles. The first-order valence-electron chi connectivity index (χ1n) is 6.70. The number of ether oxygens (including phenoxy) is 1. The number of para-hydroxylation sites is 1. The Morgan fingerprint density at radius 2 is 1.86 bits per heavy atom. The zero-order valence-corrected chi connectivity index (χ0v) is 11.7. The molecule has 1 aromatic heterocycles. The number of allylic oxidation sites excluding steroid dienone is 1. The number of carbonyl (C=O) groups is 1. The van der Waals surface area contributed by atoms with Crippen molar-refractivity contribution in [3.05, 3.63) is 71.9 Å². The van der Waals surface area contributed by atoms with Crippen LogP contribution in [0.15, 0.2) is 60.8 Å². The first-order chi connectivity index (χ1) is 10.3. The standard InChI is InChI=1S/C18H15NO2/c1-21-14-9-6-13(7-10-14)8-11-18(20)16-12-19-17-5-3-2-4-15(16)17/h2-12,19H,1H3. The summed E-state index contributed by atoms with van der Waals surface area (Å²) in [6.07, 6.45) is 5.16. The summed E-state index contributed by atoms with van der Waals surface area (Å²) in [5.74, 6) is 0.790. The van der Waals surface area contributed by atoms with Crippen molar-refractivity contribution < 1.29 is 9.53 Å². The molecule has 0 bridgehead atoms. The van der Waals surface area contributed by atoms with E-state index in [4.69, 9.17) is 4.74 Å². The predicted molar refractivity (Wildman–Crippen MR) is 84.7 cm³/mol. The van der Waals surface area contributed by atoms with Crippen molar-refractivity contribution in [2.75, 3.05) is 7.11 Å². The molecule has 0 radical (unpaired) electrons. The summed E-state index contributed by atoms with van der Waals surface area (Å²) in [5.41, 5.74) is 2.62. The fourth-order valence-corrected chi connectivity index (χ4v) is 2.25. The van der Waals surface area contributed by atoms with Crippen LogP contribution in [-0.4, -0.2) is 17.9 Å². The molecule has 0 atom stereocenters. The lowest BCUT2D eigenvalue weighted by Gasteiger charge is -1.99. The van der Waals surface area contributed by atoms with Crippen LogP contribution in [0.3, 0.4) is 0 Å². The van der Waals surface area contributed by atoms with Crippen LogP contribution in [0.4, 0.5) is 0 Å². The SMILES string of the molecule is COc1ccc(C=CC(=O)c2c[nH]c3ccccc23)cc1. The molecule has 3 nitrogen and oxygen atoms in total. The maximum Gasteiger partial charge on any atom is 0.187 e. The third kappa shape index (κ3) is 2.72. The molecule has 1 heterocycles. The van der Waals surface area contributed by atoms with E-state index in [1.165, 1.54) is 0 Å². The number of aromatic amines is 1. The highest BCUT2D eigenvalue weighted by molar-refractivity contribution is 6.14. The highest BCUT2D eigenvalue weighted by Crippen LogP contribution is 2.19. The summed E-state index contributed by atoms with van der Waals surface area (Å²) in [5, 5.41) is 0.946. The predicted octanol–water partition coefficient (Wildman–Crippen LogP) is 4.07. The molecule has 3 aromatic rings. The molecular weight excluding hydrogens is 262 g/mol. The van der Waals surface area contributed by atoms with Gasteiger partial charge >= 0.3 is 0 Å². The van der Waals surface area contributed by atoms with Crippen molar-refractivity contribution in [2.24, 2.45) is 0 Å². The Hall–Kier alpha value is -2.81. The van der Waals surface area contributed by atoms with E-state index in [2.05, 4.69) is 4.98 Å². The average molecular weight is 277 g/mol. The number of rotatable bonds is 4. The third-order valence-electron chi connectivity index (χ3n) is 3.40. The van der Waals surface area contributed by atoms with E-state index in [9.17, 15) is 4.79 Å². The Labute approximate surface area is 122 Å². The van der Waals surface area contributed by atoms with Crippen LogP contribution in [0.25, 0.3) is 17.0 Å². The molecule has 0 saturated heterocycles. The van der Waals surface area contributed by atoms with Crippen molar-refractivity contribution >= 4 is 22.8 Å². The van der Waals surface area contributed by atoms with E-state index < -0.39 is 0 Å². The zero-order valence-electron chi connectivity index (χ0n) is 11.7. The van der Waals surface area contributed by atoms with Crippen LogP contribution < -0.4 is 4.74 Å². The van der Waals surface area contributed by atoms with Gasteiger partial charge in [0.2, 0.25) is 0 Å². The molecule has 0 spiro atoms. The van der Waals surface area contributed by atoms with Gasteiger partial charge in [-0.25, -0.2) is 0 Å². The number of fused-ring (bicyclic) bond motifs is 1. The van der Waals surface area contributed by atoms with Gasteiger partial charge in [0.1, 0.15) is 5.75 Å². The summed E-state index contributed by atoms with van der Waals surface area (Å²) in [4.78, 5) is 15.4.